The van der Waals surface area contributed by atoms with Crippen molar-refractivity contribution >= 4 is 19.6 Å². The fraction of sp³-hybridized carbons (Fsp3) is 1.00. The summed E-state index contributed by atoms with van der Waals surface area (Å²) in [5, 5.41) is 0.429. The first kappa shape index (κ1) is 16.2. The van der Waals surface area contributed by atoms with E-state index in [2.05, 4.69) is 20.8 Å². The van der Waals surface area contributed by atoms with Gasteiger partial charge < -0.3 is 0 Å². The van der Waals surface area contributed by atoms with E-state index in [4.69, 9.17) is 4.18 Å². The van der Waals surface area contributed by atoms with Crippen molar-refractivity contribution in [2.75, 3.05) is 6.26 Å². The number of unbranched alkanes of at least 4 members (excludes halogenated alkanes) is 2. The highest BCUT2D eigenvalue weighted by Gasteiger charge is 2.55. The van der Waals surface area contributed by atoms with Crippen LogP contribution in [0.15, 0.2) is 0 Å². The molecule has 0 radical (unpaired) electrons. The molecule has 1 aliphatic rings. The van der Waals surface area contributed by atoms with E-state index in [1.54, 1.807) is 0 Å². The lowest BCUT2D eigenvalue weighted by Gasteiger charge is -2.25. The average Bonchev–Trinajstić information content (AvgIpc) is 2.70. The van der Waals surface area contributed by atoms with Crippen LogP contribution in [0.4, 0.5) is 0 Å². The molecule has 0 bridgehead atoms. The van der Waals surface area contributed by atoms with E-state index in [1.807, 2.05) is 6.92 Å². The van der Waals surface area contributed by atoms with Crippen LogP contribution in [0.3, 0.4) is 0 Å². The molecule has 0 aromatic carbocycles. The van der Waals surface area contributed by atoms with Crippen molar-refractivity contribution < 1.29 is 12.6 Å². The van der Waals surface area contributed by atoms with E-state index in [9.17, 15) is 8.42 Å². The Morgan fingerprint density at radius 3 is 2.50 bits per heavy atom. The highest BCUT2D eigenvalue weighted by Crippen LogP contribution is 2.56. The van der Waals surface area contributed by atoms with Gasteiger partial charge in [0.2, 0.25) is 0 Å². The molecule has 1 fully saturated rings. The molecule has 0 saturated heterocycles. The smallest absolute Gasteiger partial charge is 0.264 e. The van der Waals surface area contributed by atoms with E-state index in [0.717, 1.165) is 12.7 Å². The fourth-order valence-corrected chi connectivity index (χ4v) is 6.83. The molecule has 0 amide bonds. The van der Waals surface area contributed by atoms with Gasteiger partial charge in [0.05, 0.1) is 11.9 Å². The maximum absolute atomic E-state index is 11.2. The second-order valence-electron chi connectivity index (χ2n) is 6.83. The molecule has 1 saturated carbocycles. The van der Waals surface area contributed by atoms with Crippen molar-refractivity contribution in [1.29, 1.82) is 0 Å². The molecule has 0 aromatic rings. The van der Waals surface area contributed by atoms with E-state index < -0.39 is 10.1 Å². The van der Waals surface area contributed by atoms with Crippen molar-refractivity contribution in [3.05, 3.63) is 0 Å². The normalized spacial score (nSPS) is 29.1. The third-order valence-electron chi connectivity index (χ3n) is 3.95. The zero-order valence-corrected chi connectivity index (χ0v) is 14.7. The van der Waals surface area contributed by atoms with E-state index in [1.165, 1.54) is 25.7 Å². The second kappa shape index (κ2) is 5.63. The minimum Gasteiger partial charge on any atom is -0.264 e. The Morgan fingerprint density at radius 2 is 2.00 bits per heavy atom. The summed E-state index contributed by atoms with van der Waals surface area (Å²) in [6.45, 7) is 8.86. The molecule has 3 nitrogen and oxygen atoms in total. The number of hydrogen-bond acceptors (Lipinski definition) is 3. The third-order valence-corrected chi connectivity index (χ3v) is 7.74. The van der Waals surface area contributed by atoms with Gasteiger partial charge in [-0.15, -0.1) is 0 Å². The van der Waals surface area contributed by atoms with Crippen LogP contribution in [0.25, 0.3) is 0 Å². The summed E-state index contributed by atoms with van der Waals surface area (Å²) in [6.07, 6.45) is 7.23. The predicted molar refractivity (Wildman–Crippen MR) is 79.4 cm³/mol. The van der Waals surface area contributed by atoms with Crippen molar-refractivity contribution in [1.82, 2.24) is 0 Å². The van der Waals surface area contributed by atoms with Gasteiger partial charge in [-0.1, -0.05) is 46.5 Å². The first-order valence-corrected chi connectivity index (χ1v) is 10.3. The first-order chi connectivity index (χ1) is 8.08. The molecule has 0 aliphatic heterocycles. The van der Waals surface area contributed by atoms with E-state index >= 15 is 0 Å². The molecule has 18 heavy (non-hydrogen) atoms. The third kappa shape index (κ3) is 5.41. The maximum Gasteiger partial charge on any atom is 0.264 e. The monoisotopic (exact) mass is 292 g/mol. The highest BCUT2D eigenvalue weighted by atomic mass is 32.2. The Bertz CT molecular complexity index is 378. The van der Waals surface area contributed by atoms with Gasteiger partial charge in [0.1, 0.15) is 0 Å². The minimum absolute atomic E-state index is 0.305. The highest BCUT2D eigenvalue weighted by molar-refractivity contribution is 7.86. The SMILES string of the molecule is CCCCCC(C)(C)[SiH2]C1CC1(C)OS(C)(=O)=O. The molecule has 5 heteroatoms. The van der Waals surface area contributed by atoms with E-state index in [0.29, 0.717) is 10.6 Å². The van der Waals surface area contributed by atoms with Crippen LogP contribution in [0.2, 0.25) is 10.6 Å². The Labute approximate surface area is 115 Å². The summed E-state index contributed by atoms with van der Waals surface area (Å²) in [5.41, 5.74) is 0.158. The Kier molecular flexibility index (Phi) is 5.06. The van der Waals surface area contributed by atoms with Gasteiger partial charge in [-0.3, -0.25) is 4.18 Å². The van der Waals surface area contributed by atoms with Gasteiger partial charge in [-0.25, -0.2) is 0 Å². The lowest BCUT2D eigenvalue weighted by molar-refractivity contribution is 0.210. The van der Waals surface area contributed by atoms with Crippen LogP contribution < -0.4 is 0 Å². The largest absolute Gasteiger partial charge is 0.264 e. The minimum atomic E-state index is -3.31. The summed E-state index contributed by atoms with van der Waals surface area (Å²) in [4.78, 5) is 0. The lowest BCUT2D eigenvalue weighted by Crippen LogP contribution is -2.21. The molecule has 2 unspecified atom stereocenters. The standard InChI is InChI=1S/C13H28O3SSi/c1-6-7-8-9-12(2,3)18-11-10-13(11,4)16-17(5,14)15/h11H,6-10,18H2,1-5H3. The maximum atomic E-state index is 11.2. The fourth-order valence-electron chi connectivity index (χ4n) is 2.79. The molecule has 1 rings (SSSR count). The second-order valence-corrected chi connectivity index (χ2v) is 11.7. The molecule has 108 valence electrons. The summed E-state index contributed by atoms with van der Waals surface area (Å²) >= 11 is 0. The van der Waals surface area contributed by atoms with E-state index in [-0.39, 0.29) is 15.1 Å². The summed E-state index contributed by atoms with van der Waals surface area (Å²) in [7, 11) is -3.61. The molecule has 0 spiro atoms. The quantitative estimate of drug-likeness (QED) is 0.392. The number of hydrogen-bond donors (Lipinski definition) is 0. The van der Waals surface area contributed by atoms with Gasteiger partial charge in [-0.2, -0.15) is 8.42 Å². The van der Waals surface area contributed by atoms with Crippen molar-refractivity contribution in [3.63, 3.8) is 0 Å². The Morgan fingerprint density at radius 1 is 1.39 bits per heavy atom. The van der Waals surface area contributed by atoms with Gasteiger partial charge in [0.15, 0.2) is 0 Å². The summed E-state index contributed by atoms with van der Waals surface area (Å²) in [5.74, 6) is 0. The molecular formula is C13H28O3SSi. The van der Waals surface area contributed by atoms with Crippen molar-refractivity contribution in [2.45, 2.75) is 76.0 Å². The van der Waals surface area contributed by atoms with Gasteiger partial charge in [0, 0.05) is 9.52 Å². The van der Waals surface area contributed by atoms with Crippen LogP contribution in [0.5, 0.6) is 0 Å². The molecule has 0 heterocycles. The Balaban J connectivity index is 2.41. The molecule has 2 atom stereocenters. The molecule has 0 N–H and O–H groups in total. The predicted octanol–water partition coefficient (Wildman–Crippen LogP) is 2.86. The lowest BCUT2D eigenvalue weighted by atomic mass is 10.0. The van der Waals surface area contributed by atoms with Crippen LogP contribution in [0, 0.1) is 0 Å². The molecule has 0 aromatic heterocycles. The van der Waals surface area contributed by atoms with Gasteiger partial charge in [0.25, 0.3) is 10.1 Å². The summed E-state index contributed by atoms with van der Waals surface area (Å²) in [6, 6.07) is 0. The van der Waals surface area contributed by atoms with Gasteiger partial charge in [-0.05, 0) is 23.9 Å². The first-order valence-electron chi connectivity index (χ1n) is 6.99. The van der Waals surface area contributed by atoms with Gasteiger partial charge >= 0.3 is 0 Å². The summed E-state index contributed by atoms with van der Waals surface area (Å²) < 4.78 is 27.6. The van der Waals surface area contributed by atoms with Crippen LogP contribution in [-0.4, -0.2) is 29.8 Å². The zero-order chi connectivity index (χ0) is 14.0. The van der Waals surface area contributed by atoms with Crippen molar-refractivity contribution in [3.8, 4) is 0 Å². The Hall–Kier alpha value is 0.127. The zero-order valence-electron chi connectivity index (χ0n) is 12.5. The average molecular weight is 293 g/mol. The molecular weight excluding hydrogens is 264 g/mol. The van der Waals surface area contributed by atoms with Crippen molar-refractivity contribution in [2.24, 2.45) is 0 Å². The number of rotatable bonds is 8. The topological polar surface area (TPSA) is 43.4 Å². The molecule has 1 aliphatic carbocycles. The van der Waals surface area contributed by atoms with Crippen LogP contribution >= 0.6 is 0 Å². The van der Waals surface area contributed by atoms with Crippen LogP contribution in [-0.2, 0) is 14.3 Å². The van der Waals surface area contributed by atoms with Crippen LogP contribution in [0.1, 0.15) is 59.8 Å².